The number of likely N-dealkylation sites (tertiary alicyclic amines) is 1. The van der Waals surface area contributed by atoms with E-state index in [1.54, 1.807) is 7.11 Å². The number of anilines is 2. The Morgan fingerprint density at radius 2 is 1.92 bits per heavy atom. The van der Waals surface area contributed by atoms with Crippen LogP contribution in [0.25, 0.3) is 0 Å². The summed E-state index contributed by atoms with van der Waals surface area (Å²) in [5.41, 5.74) is 1.98. The summed E-state index contributed by atoms with van der Waals surface area (Å²) < 4.78 is 10.3. The van der Waals surface area contributed by atoms with Crippen molar-refractivity contribution in [1.29, 1.82) is 0 Å². The molecule has 1 aromatic rings. The number of methoxy groups -OCH3 is 1. The zero-order chi connectivity index (χ0) is 16.9. The number of imide groups is 1. The third-order valence-electron chi connectivity index (χ3n) is 4.35. The van der Waals surface area contributed by atoms with Crippen molar-refractivity contribution in [3.8, 4) is 0 Å². The average Bonchev–Trinajstić information content (AvgIpc) is 2.88. The summed E-state index contributed by atoms with van der Waals surface area (Å²) in [6.45, 7) is 3.93. The van der Waals surface area contributed by atoms with Crippen molar-refractivity contribution < 1.29 is 19.1 Å². The predicted octanol–water partition coefficient (Wildman–Crippen LogP) is 0.709. The summed E-state index contributed by atoms with van der Waals surface area (Å²) in [6, 6.07) is 7.44. The van der Waals surface area contributed by atoms with Crippen LogP contribution in [0.5, 0.6) is 0 Å². The van der Waals surface area contributed by atoms with Gasteiger partial charge in [-0.2, -0.15) is 0 Å². The minimum absolute atomic E-state index is 0.153. The first kappa shape index (κ1) is 16.7. The van der Waals surface area contributed by atoms with Gasteiger partial charge in [0.15, 0.2) is 0 Å². The van der Waals surface area contributed by atoms with E-state index in [0.717, 1.165) is 37.7 Å². The van der Waals surface area contributed by atoms with Gasteiger partial charge in [-0.3, -0.25) is 14.5 Å². The lowest BCUT2D eigenvalue weighted by atomic mass is 10.2. The van der Waals surface area contributed by atoms with E-state index in [4.69, 9.17) is 9.47 Å². The number of carbonyl (C=O) groups is 2. The van der Waals surface area contributed by atoms with Crippen LogP contribution in [0.2, 0.25) is 0 Å². The molecule has 2 amide bonds. The lowest BCUT2D eigenvalue weighted by Gasteiger charge is -2.29. The third-order valence-corrected chi connectivity index (χ3v) is 4.35. The highest BCUT2D eigenvalue weighted by atomic mass is 16.5. The van der Waals surface area contributed by atoms with Crippen molar-refractivity contribution in [3.05, 3.63) is 24.3 Å². The van der Waals surface area contributed by atoms with Crippen LogP contribution in [0.4, 0.5) is 11.4 Å². The Labute approximate surface area is 141 Å². The molecule has 0 saturated carbocycles. The maximum atomic E-state index is 12.3. The molecule has 2 aliphatic rings. The molecule has 2 aliphatic heterocycles. The summed E-state index contributed by atoms with van der Waals surface area (Å²) in [5.74, 6) is -0.339. The Hall–Kier alpha value is -2.12. The van der Waals surface area contributed by atoms with Crippen molar-refractivity contribution in [2.75, 3.05) is 56.8 Å². The quantitative estimate of drug-likeness (QED) is 0.773. The topological polar surface area (TPSA) is 71.1 Å². The second kappa shape index (κ2) is 7.63. The molecule has 24 heavy (non-hydrogen) atoms. The number of rotatable bonds is 6. The maximum absolute atomic E-state index is 12.3. The molecule has 2 heterocycles. The molecule has 3 rings (SSSR count). The summed E-state index contributed by atoms with van der Waals surface area (Å²) in [6.07, 6.45) is 0.188. The first-order valence-corrected chi connectivity index (χ1v) is 8.21. The molecule has 2 saturated heterocycles. The van der Waals surface area contributed by atoms with Crippen LogP contribution in [0, 0.1) is 0 Å². The van der Waals surface area contributed by atoms with Gasteiger partial charge in [0.2, 0.25) is 5.91 Å². The average molecular weight is 333 g/mol. The predicted molar refractivity (Wildman–Crippen MR) is 90.1 cm³/mol. The van der Waals surface area contributed by atoms with Crippen LogP contribution >= 0.6 is 0 Å². The second-order valence-corrected chi connectivity index (χ2v) is 5.92. The molecule has 0 aromatic heterocycles. The number of morpholine rings is 1. The Bertz CT molecular complexity index is 584. The molecule has 0 radical (unpaired) electrons. The van der Waals surface area contributed by atoms with Gasteiger partial charge < -0.3 is 19.7 Å². The smallest absolute Gasteiger partial charge is 0.252 e. The van der Waals surface area contributed by atoms with Gasteiger partial charge in [0, 0.05) is 31.6 Å². The molecule has 1 aromatic carbocycles. The summed E-state index contributed by atoms with van der Waals surface area (Å²) in [7, 11) is 1.55. The van der Waals surface area contributed by atoms with Gasteiger partial charge in [0.25, 0.3) is 5.91 Å². The summed E-state index contributed by atoms with van der Waals surface area (Å²) in [5, 5.41) is 3.16. The minimum atomic E-state index is -0.497. The van der Waals surface area contributed by atoms with E-state index in [1.165, 1.54) is 4.90 Å². The highest BCUT2D eigenvalue weighted by molar-refractivity contribution is 6.06. The Kier molecular flexibility index (Phi) is 5.32. The van der Waals surface area contributed by atoms with Crippen LogP contribution in [0.15, 0.2) is 24.3 Å². The van der Waals surface area contributed by atoms with Gasteiger partial charge in [0.05, 0.1) is 32.8 Å². The summed E-state index contributed by atoms with van der Waals surface area (Å²) in [4.78, 5) is 27.8. The molecule has 130 valence electrons. The van der Waals surface area contributed by atoms with Crippen molar-refractivity contribution >= 4 is 23.2 Å². The van der Waals surface area contributed by atoms with Gasteiger partial charge in [0.1, 0.15) is 6.04 Å². The molecule has 7 nitrogen and oxygen atoms in total. The highest BCUT2D eigenvalue weighted by Gasteiger charge is 2.38. The number of nitrogens with one attached hydrogen (secondary N) is 1. The summed E-state index contributed by atoms with van der Waals surface area (Å²) >= 11 is 0. The van der Waals surface area contributed by atoms with Crippen molar-refractivity contribution in [2.24, 2.45) is 0 Å². The number of hydrogen-bond donors (Lipinski definition) is 1. The van der Waals surface area contributed by atoms with E-state index in [2.05, 4.69) is 10.2 Å². The fourth-order valence-electron chi connectivity index (χ4n) is 3.00. The lowest BCUT2D eigenvalue weighted by molar-refractivity contribution is -0.139. The molecular weight excluding hydrogens is 310 g/mol. The van der Waals surface area contributed by atoms with Gasteiger partial charge in [-0.05, 0) is 24.3 Å². The number of benzene rings is 1. The Morgan fingerprint density at radius 1 is 1.21 bits per heavy atom. The number of nitrogens with zero attached hydrogens (tertiary/aromatic N) is 2. The van der Waals surface area contributed by atoms with Gasteiger partial charge in [-0.15, -0.1) is 0 Å². The van der Waals surface area contributed by atoms with Gasteiger partial charge >= 0.3 is 0 Å². The molecule has 7 heteroatoms. The molecule has 1 atom stereocenters. The van der Waals surface area contributed by atoms with E-state index >= 15 is 0 Å². The highest BCUT2D eigenvalue weighted by Crippen LogP contribution is 2.22. The molecule has 1 unspecified atom stereocenters. The van der Waals surface area contributed by atoms with E-state index in [1.807, 2.05) is 24.3 Å². The monoisotopic (exact) mass is 333 g/mol. The van der Waals surface area contributed by atoms with Crippen LogP contribution in [-0.4, -0.2) is 69.3 Å². The van der Waals surface area contributed by atoms with Gasteiger partial charge in [-0.1, -0.05) is 0 Å². The Morgan fingerprint density at radius 3 is 2.58 bits per heavy atom. The first-order chi connectivity index (χ1) is 11.7. The molecule has 1 N–H and O–H groups in total. The molecular formula is C17H23N3O4. The zero-order valence-electron chi connectivity index (χ0n) is 13.9. The minimum Gasteiger partial charge on any atom is -0.383 e. The molecule has 2 fully saturated rings. The fourth-order valence-corrected chi connectivity index (χ4v) is 3.00. The third kappa shape index (κ3) is 3.68. The fraction of sp³-hybridized carbons (Fsp3) is 0.529. The normalized spacial score (nSPS) is 21.5. The number of carbonyl (C=O) groups excluding carboxylic acids is 2. The number of amides is 2. The van der Waals surface area contributed by atoms with Crippen LogP contribution in [-0.2, 0) is 19.1 Å². The molecule has 0 spiro atoms. The SMILES string of the molecule is COCCN1C(=O)CC(Nc2ccc(N3CCOCC3)cc2)C1=O. The molecule has 0 aliphatic carbocycles. The van der Waals surface area contributed by atoms with E-state index in [9.17, 15) is 9.59 Å². The standard InChI is InChI=1S/C17H23N3O4/c1-23-9-8-20-16(21)12-15(17(20)22)18-13-2-4-14(5-3-13)19-6-10-24-11-7-19/h2-5,15,18H,6-12H2,1H3. The Balaban J connectivity index is 1.59. The second-order valence-electron chi connectivity index (χ2n) is 5.92. The van der Waals surface area contributed by atoms with Crippen molar-refractivity contribution in [1.82, 2.24) is 4.90 Å². The lowest BCUT2D eigenvalue weighted by Crippen LogP contribution is -2.37. The van der Waals surface area contributed by atoms with Crippen LogP contribution in [0.1, 0.15) is 6.42 Å². The van der Waals surface area contributed by atoms with Crippen molar-refractivity contribution in [3.63, 3.8) is 0 Å². The largest absolute Gasteiger partial charge is 0.383 e. The van der Waals surface area contributed by atoms with E-state index in [-0.39, 0.29) is 18.2 Å². The van der Waals surface area contributed by atoms with Gasteiger partial charge in [-0.25, -0.2) is 0 Å². The van der Waals surface area contributed by atoms with Crippen molar-refractivity contribution in [2.45, 2.75) is 12.5 Å². The number of ether oxygens (including phenoxy) is 2. The maximum Gasteiger partial charge on any atom is 0.252 e. The molecule has 0 bridgehead atoms. The zero-order valence-corrected chi connectivity index (χ0v) is 13.9. The van der Waals surface area contributed by atoms with Crippen LogP contribution < -0.4 is 10.2 Å². The first-order valence-electron chi connectivity index (χ1n) is 8.21. The van der Waals surface area contributed by atoms with E-state index < -0.39 is 6.04 Å². The number of hydrogen-bond acceptors (Lipinski definition) is 6. The van der Waals surface area contributed by atoms with E-state index in [0.29, 0.717) is 13.2 Å². The van der Waals surface area contributed by atoms with Crippen LogP contribution in [0.3, 0.4) is 0 Å².